The minimum Gasteiger partial charge on any atom is -0.370 e. The number of guanidine groups is 1. The predicted octanol–water partition coefficient (Wildman–Crippen LogP) is 1.51. The number of hydrogen-bond acceptors (Lipinski definition) is 1. The van der Waals surface area contributed by atoms with Crippen LogP contribution in [0.25, 0.3) is 5.69 Å². The highest BCUT2D eigenvalue weighted by atomic mass is 16.1. The highest BCUT2D eigenvalue weighted by molar-refractivity contribution is 6.03. The minimum absolute atomic E-state index is 0.225. The van der Waals surface area contributed by atoms with E-state index in [1.54, 1.807) is 6.07 Å². The number of amides is 1. The molecule has 0 atom stereocenters. The normalized spacial score (nSPS) is 10.2. The number of nitrogens with two attached hydrogens (primary N) is 2. The van der Waals surface area contributed by atoms with Crippen molar-refractivity contribution in [3.63, 3.8) is 0 Å². The van der Waals surface area contributed by atoms with Gasteiger partial charge in [-0.25, -0.2) is 0 Å². The molecule has 19 heavy (non-hydrogen) atoms. The Kier molecular flexibility index (Phi) is 3.37. The predicted molar refractivity (Wildman–Crippen MR) is 75.4 cm³/mol. The zero-order chi connectivity index (χ0) is 14.0. The van der Waals surface area contributed by atoms with Crippen LogP contribution in [-0.4, -0.2) is 16.4 Å². The Bertz CT molecular complexity index is 638. The van der Waals surface area contributed by atoms with Crippen LogP contribution in [0.3, 0.4) is 0 Å². The Balaban J connectivity index is 2.49. The van der Waals surface area contributed by atoms with E-state index in [4.69, 9.17) is 11.5 Å². The van der Waals surface area contributed by atoms with Gasteiger partial charge in [0, 0.05) is 23.6 Å². The second-order valence-electron chi connectivity index (χ2n) is 4.39. The van der Waals surface area contributed by atoms with Crippen molar-refractivity contribution < 1.29 is 4.79 Å². The molecule has 0 radical (unpaired) electrons. The molecule has 4 N–H and O–H groups in total. The van der Waals surface area contributed by atoms with E-state index in [0.29, 0.717) is 5.56 Å². The van der Waals surface area contributed by atoms with Crippen molar-refractivity contribution in [2.75, 3.05) is 0 Å². The first-order valence-corrected chi connectivity index (χ1v) is 5.87. The molecule has 98 valence electrons. The van der Waals surface area contributed by atoms with Gasteiger partial charge in [-0.3, -0.25) is 4.79 Å². The van der Waals surface area contributed by atoms with Crippen LogP contribution in [0.4, 0.5) is 0 Å². The number of aliphatic imine (C=N–C) groups is 1. The minimum atomic E-state index is -0.417. The fourth-order valence-corrected chi connectivity index (χ4v) is 1.98. The van der Waals surface area contributed by atoms with Crippen molar-refractivity contribution in [2.45, 2.75) is 13.8 Å². The van der Waals surface area contributed by atoms with Gasteiger partial charge >= 0.3 is 0 Å². The van der Waals surface area contributed by atoms with E-state index in [-0.39, 0.29) is 5.96 Å². The number of nitrogens with zero attached hydrogens (tertiary/aromatic N) is 2. The van der Waals surface area contributed by atoms with Gasteiger partial charge in [-0.2, -0.15) is 4.99 Å². The molecule has 1 aromatic carbocycles. The van der Waals surface area contributed by atoms with Crippen molar-refractivity contribution in [3.8, 4) is 5.69 Å². The molecule has 5 heteroatoms. The van der Waals surface area contributed by atoms with E-state index in [2.05, 4.69) is 4.99 Å². The Labute approximate surface area is 111 Å². The highest BCUT2D eigenvalue weighted by Gasteiger charge is 2.12. The van der Waals surface area contributed by atoms with Gasteiger partial charge in [-0.05, 0) is 49.2 Å². The Morgan fingerprint density at radius 1 is 1.11 bits per heavy atom. The van der Waals surface area contributed by atoms with Crippen LogP contribution in [0.1, 0.15) is 21.5 Å². The summed E-state index contributed by atoms with van der Waals surface area (Å²) in [6.07, 6.45) is 3.92. The molecule has 5 nitrogen and oxygen atoms in total. The summed E-state index contributed by atoms with van der Waals surface area (Å²) >= 11 is 0. The smallest absolute Gasteiger partial charge is 0.280 e. The number of carbonyl (C=O) groups excluding carboxylic acids is 1. The molecule has 2 rings (SSSR count). The molecular formula is C14H16N4O. The molecule has 0 spiro atoms. The van der Waals surface area contributed by atoms with Crippen molar-refractivity contribution in [3.05, 3.63) is 53.3 Å². The van der Waals surface area contributed by atoms with Crippen LogP contribution in [0, 0.1) is 13.8 Å². The summed E-state index contributed by atoms with van der Waals surface area (Å²) in [5, 5.41) is 0. The fraction of sp³-hybridized carbons (Fsp3) is 0.143. The van der Waals surface area contributed by atoms with Gasteiger partial charge in [0.25, 0.3) is 5.91 Å². The first kappa shape index (κ1) is 12.9. The number of rotatable bonds is 2. The SMILES string of the molecule is Cc1cc(-n2cccc2)c(C)cc1C(=O)N=C(N)N. The summed E-state index contributed by atoms with van der Waals surface area (Å²) in [7, 11) is 0. The van der Waals surface area contributed by atoms with Crippen LogP contribution >= 0.6 is 0 Å². The first-order chi connectivity index (χ1) is 8.99. The average molecular weight is 256 g/mol. The molecule has 0 aliphatic rings. The van der Waals surface area contributed by atoms with Crippen LogP contribution in [-0.2, 0) is 0 Å². The molecule has 1 amide bonds. The summed E-state index contributed by atoms with van der Waals surface area (Å²) < 4.78 is 2.00. The van der Waals surface area contributed by atoms with Crippen LogP contribution in [0.5, 0.6) is 0 Å². The maximum atomic E-state index is 11.9. The Morgan fingerprint density at radius 2 is 1.74 bits per heavy atom. The topological polar surface area (TPSA) is 86.4 Å². The van der Waals surface area contributed by atoms with Gasteiger partial charge < -0.3 is 16.0 Å². The fourth-order valence-electron chi connectivity index (χ4n) is 1.98. The number of carbonyl (C=O) groups is 1. The summed E-state index contributed by atoms with van der Waals surface area (Å²) in [5.41, 5.74) is 13.8. The lowest BCUT2D eigenvalue weighted by Gasteiger charge is -2.11. The van der Waals surface area contributed by atoms with Gasteiger partial charge in [-0.1, -0.05) is 0 Å². The largest absolute Gasteiger partial charge is 0.370 e. The Hall–Kier alpha value is -2.56. The van der Waals surface area contributed by atoms with Gasteiger partial charge in [0.1, 0.15) is 0 Å². The quantitative estimate of drug-likeness (QED) is 0.630. The molecule has 0 bridgehead atoms. The van der Waals surface area contributed by atoms with E-state index in [0.717, 1.165) is 16.8 Å². The molecule has 0 saturated carbocycles. The van der Waals surface area contributed by atoms with Crippen LogP contribution in [0.15, 0.2) is 41.7 Å². The lowest BCUT2D eigenvalue weighted by molar-refractivity contribution is 0.100. The molecule has 2 aromatic rings. The monoisotopic (exact) mass is 256 g/mol. The number of hydrogen-bond donors (Lipinski definition) is 2. The zero-order valence-electron chi connectivity index (χ0n) is 10.9. The van der Waals surface area contributed by atoms with Gasteiger partial charge in [-0.15, -0.1) is 0 Å². The molecule has 1 aromatic heterocycles. The maximum Gasteiger partial charge on any atom is 0.280 e. The summed E-state index contributed by atoms with van der Waals surface area (Å²) in [4.78, 5) is 15.4. The molecule has 1 heterocycles. The average Bonchev–Trinajstić information content (AvgIpc) is 2.84. The Morgan fingerprint density at radius 3 is 2.32 bits per heavy atom. The van der Waals surface area contributed by atoms with Gasteiger partial charge in [0.2, 0.25) is 0 Å². The van der Waals surface area contributed by atoms with Gasteiger partial charge in [0.15, 0.2) is 5.96 Å². The second kappa shape index (κ2) is 4.97. The van der Waals surface area contributed by atoms with Crippen LogP contribution < -0.4 is 11.5 Å². The van der Waals surface area contributed by atoms with Crippen LogP contribution in [0.2, 0.25) is 0 Å². The van der Waals surface area contributed by atoms with Crippen molar-refractivity contribution in [1.82, 2.24) is 4.57 Å². The number of aryl methyl sites for hydroxylation is 2. The van der Waals surface area contributed by atoms with Crippen molar-refractivity contribution in [2.24, 2.45) is 16.5 Å². The lowest BCUT2D eigenvalue weighted by Crippen LogP contribution is -2.24. The van der Waals surface area contributed by atoms with Crippen molar-refractivity contribution in [1.29, 1.82) is 0 Å². The third kappa shape index (κ3) is 2.65. The highest BCUT2D eigenvalue weighted by Crippen LogP contribution is 2.20. The van der Waals surface area contributed by atoms with E-state index >= 15 is 0 Å². The first-order valence-electron chi connectivity index (χ1n) is 5.87. The van der Waals surface area contributed by atoms with Crippen molar-refractivity contribution >= 4 is 11.9 Å². The zero-order valence-corrected chi connectivity index (χ0v) is 10.9. The molecule has 0 saturated heterocycles. The van der Waals surface area contributed by atoms with E-state index in [9.17, 15) is 4.79 Å². The maximum absolute atomic E-state index is 11.9. The molecule has 0 fully saturated rings. The third-order valence-corrected chi connectivity index (χ3v) is 2.89. The third-order valence-electron chi connectivity index (χ3n) is 2.89. The van der Waals surface area contributed by atoms with Gasteiger partial charge in [0.05, 0.1) is 0 Å². The molecule has 0 unspecified atom stereocenters. The molecule has 0 aliphatic heterocycles. The molecular weight excluding hydrogens is 240 g/mol. The van der Waals surface area contributed by atoms with E-state index in [1.165, 1.54) is 0 Å². The number of benzene rings is 1. The van der Waals surface area contributed by atoms with E-state index in [1.807, 2.05) is 49.0 Å². The number of aromatic nitrogens is 1. The standard InChI is InChI=1S/C14H16N4O/c1-9-8-12(18-5-3-4-6-18)10(2)7-11(9)13(19)17-14(15)16/h3-8H,1-2H3,(H4,15,16,17,19). The summed E-state index contributed by atoms with van der Waals surface area (Å²) in [6, 6.07) is 7.66. The second-order valence-corrected chi connectivity index (χ2v) is 4.39. The van der Waals surface area contributed by atoms with E-state index < -0.39 is 5.91 Å². The summed E-state index contributed by atoms with van der Waals surface area (Å²) in [5.74, 6) is -0.642. The summed E-state index contributed by atoms with van der Waals surface area (Å²) in [6.45, 7) is 3.81. The molecule has 0 aliphatic carbocycles. The lowest BCUT2D eigenvalue weighted by atomic mass is 10.0.